The van der Waals surface area contributed by atoms with E-state index in [4.69, 9.17) is 23.2 Å². The monoisotopic (exact) mass is 418 g/mol. The fourth-order valence-corrected chi connectivity index (χ4v) is 4.91. The summed E-state index contributed by atoms with van der Waals surface area (Å²) >= 11 is 12.2. The molecular formula is C22H21Cl2FN2O. The van der Waals surface area contributed by atoms with E-state index in [1.807, 2.05) is 35.2 Å². The second-order valence-electron chi connectivity index (χ2n) is 7.42. The zero-order valence-corrected chi connectivity index (χ0v) is 16.9. The van der Waals surface area contributed by atoms with E-state index < -0.39 is 0 Å². The van der Waals surface area contributed by atoms with Crippen molar-refractivity contribution >= 4 is 29.1 Å². The highest BCUT2D eigenvalue weighted by atomic mass is 35.5. The zero-order valence-electron chi connectivity index (χ0n) is 15.4. The molecule has 4 rings (SSSR count). The molecule has 1 N–H and O–H groups in total. The maximum Gasteiger partial charge on any atom is 0.251 e. The summed E-state index contributed by atoms with van der Waals surface area (Å²) < 4.78 is 13.5. The van der Waals surface area contributed by atoms with Crippen LogP contribution >= 0.6 is 23.2 Å². The number of nitrogens with zero attached hydrogens (tertiary/aromatic N) is 1. The molecule has 2 aliphatic rings. The van der Waals surface area contributed by atoms with Gasteiger partial charge in [0.25, 0.3) is 5.91 Å². The molecule has 28 heavy (non-hydrogen) atoms. The first-order chi connectivity index (χ1) is 13.5. The van der Waals surface area contributed by atoms with Crippen LogP contribution < -0.4 is 5.32 Å². The molecule has 1 amide bonds. The van der Waals surface area contributed by atoms with Gasteiger partial charge < -0.3 is 10.2 Å². The van der Waals surface area contributed by atoms with Gasteiger partial charge in [-0.2, -0.15) is 0 Å². The molecule has 146 valence electrons. The molecule has 6 heteroatoms. The largest absolute Gasteiger partial charge is 0.331 e. The van der Waals surface area contributed by atoms with Gasteiger partial charge in [-0.25, -0.2) is 4.39 Å². The third kappa shape index (κ3) is 3.69. The molecule has 2 aliphatic heterocycles. The molecule has 0 saturated carbocycles. The van der Waals surface area contributed by atoms with Gasteiger partial charge in [-0.3, -0.25) is 4.79 Å². The van der Waals surface area contributed by atoms with Crippen LogP contribution in [0.15, 0.2) is 54.1 Å². The lowest BCUT2D eigenvalue weighted by atomic mass is 9.68. The number of hydrogen-bond acceptors (Lipinski definition) is 2. The fourth-order valence-electron chi connectivity index (χ4n) is 4.34. The summed E-state index contributed by atoms with van der Waals surface area (Å²) in [4.78, 5) is 15.1. The molecule has 2 heterocycles. The van der Waals surface area contributed by atoms with Crippen molar-refractivity contribution in [3.05, 3.63) is 81.1 Å². The lowest BCUT2D eigenvalue weighted by molar-refractivity contribution is -0.126. The van der Waals surface area contributed by atoms with Gasteiger partial charge in [0.1, 0.15) is 5.82 Å². The van der Waals surface area contributed by atoms with E-state index in [0.717, 1.165) is 42.6 Å². The van der Waals surface area contributed by atoms with Crippen LogP contribution in [0.25, 0.3) is 0 Å². The average molecular weight is 419 g/mol. The molecule has 0 unspecified atom stereocenters. The summed E-state index contributed by atoms with van der Waals surface area (Å²) in [6.45, 7) is 2.66. The van der Waals surface area contributed by atoms with Gasteiger partial charge >= 0.3 is 0 Å². The number of amides is 1. The molecule has 0 radical (unpaired) electrons. The fraction of sp³-hybridized carbons (Fsp3) is 0.318. The smallest absolute Gasteiger partial charge is 0.251 e. The maximum absolute atomic E-state index is 13.5. The second-order valence-corrected chi connectivity index (χ2v) is 8.29. The molecule has 3 nitrogen and oxygen atoms in total. The third-order valence-electron chi connectivity index (χ3n) is 5.70. The van der Waals surface area contributed by atoms with E-state index in [1.165, 1.54) is 12.1 Å². The minimum absolute atomic E-state index is 0.0299. The molecule has 2 aromatic rings. The average Bonchev–Trinajstić information content (AvgIpc) is 3.03. The van der Waals surface area contributed by atoms with Crippen LogP contribution in [0.1, 0.15) is 24.0 Å². The summed E-state index contributed by atoms with van der Waals surface area (Å²) in [6, 6.07) is 11.9. The number of piperidine rings is 1. The van der Waals surface area contributed by atoms with Crippen molar-refractivity contribution in [1.82, 2.24) is 10.2 Å². The molecule has 0 atom stereocenters. The normalized spacial score (nSPS) is 19.0. The molecule has 1 fully saturated rings. The Hall–Kier alpha value is -1.88. The van der Waals surface area contributed by atoms with Crippen LogP contribution in [0.3, 0.4) is 0 Å². The molecular weight excluding hydrogens is 398 g/mol. The van der Waals surface area contributed by atoms with Crippen molar-refractivity contribution in [3.63, 3.8) is 0 Å². The van der Waals surface area contributed by atoms with Gasteiger partial charge in [-0.05, 0) is 67.4 Å². The Morgan fingerprint density at radius 1 is 1.04 bits per heavy atom. The number of rotatable bonds is 4. The van der Waals surface area contributed by atoms with Gasteiger partial charge in [0.05, 0.1) is 0 Å². The maximum atomic E-state index is 13.5. The van der Waals surface area contributed by atoms with Crippen molar-refractivity contribution in [2.45, 2.75) is 24.8 Å². The van der Waals surface area contributed by atoms with Crippen LogP contribution in [0.4, 0.5) is 4.39 Å². The summed E-state index contributed by atoms with van der Waals surface area (Å²) in [5.41, 5.74) is 2.34. The van der Waals surface area contributed by atoms with Gasteiger partial charge in [0.15, 0.2) is 0 Å². The molecule has 0 aromatic heterocycles. The summed E-state index contributed by atoms with van der Waals surface area (Å²) in [6.07, 6.45) is 3.66. The molecule has 0 bridgehead atoms. The first-order valence-corrected chi connectivity index (χ1v) is 10.2. The van der Waals surface area contributed by atoms with E-state index in [2.05, 4.69) is 5.32 Å². The Morgan fingerprint density at radius 2 is 1.68 bits per heavy atom. The summed E-state index contributed by atoms with van der Waals surface area (Å²) in [5.74, 6) is -0.235. The standard InChI is InChI=1S/C22H21Cl2FN2O/c23-17-11-15(12-18(24)13-17)14-27-10-5-20(21(27)28)22(6-8-26-9-7-22)16-1-3-19(25)4-2-16/h1-5,11-13,26H,6-10,14H2. The highest BCUT2D eigenvalue weighted by Gasteiger charge is 2.43. The van der Waals surface area contributed by atoms with Crippen LogP contribution in [-0.2, 0) is 16.8 Å². The van der Waals surface area contributed by atoms with Gasteiger partial charge in [0, 0.05) is 34.1 Å². The number of nitrogens with one attached hydrogen (secondary N) is 1. The van der Waals surface area contributed by atoms with Crippen molar-refractivity contribution in [3.8, 4) is 0 Å². The molecule has 2 aromatic carbocycles. The molecule has 0 spiro atoms. The number of carbonyl (C=O) groups is 1. The Balaban J connectivity index is 1.61. The minimum atomic E-state index is -0.378. The van der Waals surface area contributed by atoms with E-state index in [1.54, 1.807) is 6.07 Å². The van der Waals surface area contributed by atoms with E-state index in [-0.39, 0.29) is 17.1 Å². The number of benzene rings is 2. The van der Waals surface area contributed by atoms with Crippen LogP contribution in [0.5, 0.6) is 0 Å². The van der Waals surface area contributed by atoms with E-state index >= 15 is 0 Å². The number of carbonyl (C=O) groups excluding carboxylic acids is 1. The van der Waals surface area contributed by atoms with Crippen LogP contribution in [0, 0.1) is 5.82 Å². The lowest BCUT2D eigenvalue weighted by Gasteiger charge is -2.39. The Bertz CT molecular complexity index is 900. The first-order valence-electron chi connectivity index (χ1n) is 9.40. The first kappa shape index (κ1) is 19.4. The number of hydrogen-bond donors (Lipinski definition) is 1. The number of halogens is 3. The predicted molar refractivity (Wildman–Crippen MR) is 110 cm³/mol. The van der Waals surface area contributed by atoms with Crippen molar-refractivity contribution in [2.75, 3.05) is 19.6 Å². The van der Waals surface area contributed by atoms with Gasteiger partial charge in [-0.15, -0.1) is 0 Å². The van der Waals surface area contributed by atoms with E-state index in [9.17, 15) is 9.18 Å². The highest BCUT2D eigenvalue weighted by molar-refractivity contribution is 6.34. The Morgan fingerprint density at radius 3 is 2.32 bits per heavy atom. The second kappa shape index (κ2) is 7.86. The van der Waals surface area contributed by atoms with E-state index in [0.29, 0.717) is 23.1 Å². The Kier molecular flexibility index (Phi) is 5.46. The quantitative estimate of drug-likeness (QED) is 0.778. The third-order valence-corrected chi connectivity index (χ3v) is 6.14. The highest BCUT2D eigenvalue weighted by Crippen LogP contribution is 2.43. The van der Waals surface area contributed by atoms with Crippen molar-refractivity contribution in [1.29, 1.82) is 0 Å². The summed E-state index contributed by atoms with van der Waals surface area (Å²) in [7, 11) is 0. The van der Waals surface area contributed by atoms with Crippen molar-refractivity contribution < 1.29 is 9.18 Å². The van der Waals surface area contributed by atoms with Gasteiger partial charge in [0.2, 0.25) is 0 Å². The minimum Gasteiger partial charge on any atom is -0.331 e. The van der Waals surface area contributed by atoms with Crippen LogP contribution in [0.2, 0.25) is 10.0 Å². The Labute approximate surface area is 174 Å². The zero-order chi connectivity index (χ0) is 19.7. The SMILES string of the molecule is O=C1C(C2(c3ccc(F)cc3)CCNCC2)=CCN1Cc1cc(Cl)cc(Cl)c1. The predicted octanol–water partition coefficient (Wildman–Crippen LogP) is 4.72. The van der Waals surface area contributed by atoms with Gasteiger partial charge in [-0.1, -0.05) is 41.4 Å². The topological polar surface area (TPSA) is 32.3 Å². The molecule has 1 saturated heterocycles. The van der Waals surface area contributed by atoms with Crippen molar-refractivity contribution in [2.24, 2.45) is 0 Å². The van der Waals surface area contributed by atoms with Crippen LogP contribution in [-0.4, -0.2) is 30.4 Å². The molecule has 0 aliphatic carbocycles. The summed E-state index contributed by atoms with van der Waals surface area (Å²) in [5, 5.41) is 4.48. The lowest BCUT2D eigenvalue weighted by Crippen LogP contribution is -2.44.